The zero-order valence-electron chi connectivity index (χ0n) is 25.4. The molecule has 0 aromatic heterocycles. The quantitative estimate of drug-likeness (QED) is 0.182. The Labute approximate surface area is 254 Å². The molecule has 5 rings (SSSR count). The first-order valence-electron chi connectivity index (χ1n) is 15.6. The predicted molar refractivity (Wildman–Crippen MR) is 163 cm³/mol. The molecule has 0 spiro atoms. The van der Waals surface area contributed by atoms with E-state index in [2.05, 4.69) is 19.8 Å². The molecule has 1 aromatic rings. The van der Waals surface area contributed by atoms with Crippen LogP contribution in [0.3, 0.4) is 0 Å². The second-order valence-corrected chi connectivity index (χ2v) is 14.3. The molecule has 3 fully saturated rings. The second-order valence-electron chi connectivity index (χ2n) is 12.5. The van der Waals surface area contributed by atoms with Crippen molar-refractivity contribution in [3.63, 3.8) is 0 Å². The summed E-state index contributed by atoms with van der Waals surface area (Å²) in [5, 5.41) is 13.5. The van der Waals surface area contributed by atoms with Crippen LogP contribution in [0.2, 0.25) is 0 Å². The molecule has 3 heterocycles. The Morgan fingerprint density at radius 3 is 2.49 bits per heavy atom. The second kappa shape index (κ2) is 13.9. The van der Waals surface area contributed by atoms with Crippen molar-refractivity contribution in [1.29, 1.82) is 0 Å². The van der Waals surface area contributed by atoms with E-state index in [0.717, 1.165) is 35.9 Å². The van der Waals surface area contributed by atoms with Crippen LogP contribution < -0.4 is 0 Å². The number of likely N-dealkylation sites (tertiary alicyclic amines) is 2. The normalized spacial score (nSPS) is 24.7. The number of piperidine rings is 1. The number of aromatic hydroxyl groups is 1. The Morgan fingerprint density at radius 2 is 1.81 bits per heavy atom. The van der Waals surface area contributed by atoms with Gasteiger partial charge in [0.2, 0.25) is 5.91 Å². The topological polar surface area (TPSA) is 142 Å². The first-order chi connectivity index (χ1) is 20.7. The average molecular weight is 616 g/mol. The van der Waals surface area contributed by atoms with Gasteiger partial charge in [-0.2, -0.15) is 0 Å². The summed E-state index contributed by atoms with van der Waals surface area (Å²) in [6.07, 6.45) is 10.9. The lowest BCUT2D eigenvalue weighted by molar-refractivity contribution is -0.137. The molecule has 4 aliphatic rings. The van der Waals surface area contributed by atoms with Gasteiger partial charge >= 0.3 is 0 Å². The van der Waals surface area contributed by atoms with E-state index in [0.29, 0.717) is 11.6 Å². The Bertz CT molecular complexity index is 1340. The van der Waals surface area contributed by atoms with Crippen LogP contribution in [0.15, 0.2) is 28.0 Å². The van der Waals surface area contributed by atoms with Crippen molar-refractivity contribution in [1.82, 2.24) is 19.0 Å². The maximum Gasteiger partial charge on any atom is 0.265 e. The summed E-state index contributed by atoms with van der Waals surface area (Å²) in [5.41, 5.74) is 9.64. The number of hydrogen-bond donors (Lipinski definition) is 1. The largest absolute Gasteiger partial charge is 0.508 e. The number of amides is 1. The van der Waals surface area contributed by atoms with Crippen molar-refractivity contribution in [2.24, 2.45) is 11.0 Å². The highest BCUT2D eigenvalue weighted by atomic mass is 32.2. The highest BCUT2D eigenvalue weighted by Gasteiger charge is 2.35. The summed E-state index contributed by atoms with van der Waals surface area (Å²) in [5.74, 6) is 0.513. The molecule has 1 N–H and O–H groups in total. The number of sulfonamides is 1. The van der Waals surface area contributed by atoms with Gasteiger partial charge in [-0.05, 0) is 125 Å². The summed E-state index contributed by atoms with van der Waals surface area (Å²) >= 11 is 0. The van der Waals surface area contributed by atoms with Crippen LogP contribution in [-0.4, -0.2) is 110 Å². The first kappa shape index (κ1) is 31.6. The number of nitrogens with zero attached hydrogens (tertiary/aromatic N) is 7. The smallest absolute Gasteiger partial charge is 0.265 e. The summed E-state index contributed by atoms with van der Waals surface area (Å²) < 4.78 is 33.4. The summed E-state index contributed by atoms with van der Waals surface area (Å²) in [6, 6.07) is 3.47. The molecule has 2 saturated heterocycles. The minimum absolute atomic E-state index is 0.0417. The van der Waals surface area contributed by atoms with E-state index in [1.54, 1.807) is 11.8 Å². The summed E-state index contributed by atoms with van der Waals surface area (Å²) in [6.45, 7) is 7.47. The van der Waals surface area contributed by atoms with Crippen molar-refractivity contribution >= 4 is 22.0 Å². The molecule has 43 heavy (non-hydrogen) atoms. The Balaban J connectivity index is 1.06. The number of hydrogen-bond acceptors (Lipinski definition) is 8. The molecule has 236 valence electrons. The lowest BCUT2D eigenvalue weighted by Crippen LogP contribution is -2.48. The summed E-state index contributed by atoms with van der Waals surface area (Å²) in [4.78, 5) is 22.9. The molecule has 0 unspecified atom stereocenters. The van der Waals surface area contributed by atoms with Crippen molar-refractivity contribution in [2.75, 3.05) is 59.5 Å². The highest BCUT2D eigenvalue weighted by Crippen LogP contribution is 2.36. The van der Waals surface area contributed by atoms with Gasteiger partial charge in [0.25, 0.3) is 10.0 Å². The molecule has 0 atom stereocenters. The molecule has 1 amide bonds. The van der Waals surface area contributed by atoms with Crippen LogP contribution in [0.1, 0.15) is 62.5 Å². The number of aryl methyl sites for hydroxylation is 1. The summed E-state index contributed by atoms with van der Waals surface area (Å²) in [7, 11) is -2.23. The van der Waals surface area contributed by atoms with Crippen molar-refractivity contribution in [3.8, 4) is 5.75 Å². The number of ether oxygens (including phenoxy) is 1. The van der Waals surface area contributed by atoms with Gasteiger partial charge in [0.15, 0.2) is 0 Å². The van der Waals surface area contributed by atoms with Crippen LogP contribution in [-0.2, 0) is 19.6 Å². The van der Waals surface area contributed by atoms with Gasteiger partial charge < -0.3 is 24.5 Å². The van der Waals surface area contributed by atoms with E-state index < -0.39 is 10.0 Å². The maximum atomic E-state index is 13.4. The Morgan fingerprint density at radius 1 is 1.12 bits per heavy atom. The number of carbonyl (C=O) groups excluding carboxylic acids is 1. The van der Waals surface area contributed by atoms with Crippen LogP contribution in [0.5, 0.6) is 5.75 Å². The van der Waals surface area contributed by atoms with Gasteiger partial charge in [-0.25, -0.2) is 8.42 Å². The molecule has 3 aliphatic heterocycles. The molecule has 0 radical (unpaired) electrons. The number of carbonyl (C=O) groups is 1. The fraction of sp³-hybridized carbons (Fsp3) is 0.700. The van der Waals surface area contributed by atoms with Gasteiger partial charge in [-0.3, -0.25) is 9.10 Å². The molecule has 0 bridgehead atoms. The standard InChI is InChI=1S/C30H45N7O5S/c1-22-17-27(38)18-24-19-28(32-33-31)37(43(40,41)30(22)24)15-16-42-21-29(39)34(2)25-5-7-26(8-6-25)36-13-9-23(10-14-36)20-35-11-3-4-12-35/h17-19,23,25-26,38H,3-16,20-21H2,1-2H3. The third-order valence-electron chi connectivity index (χ3n) is 9.68. The fourth-order valence-electron chi connectivity index (χ4n) is 7.30. The van der Waals surface area contributed by atoms with Crippen molar-refractivity contribution in [3.05, 3.63) is 39.5 Å². The monoisotopic (exact) mass is 615 g/mol. The van der Waals surface area contributed by atoms with E-state index in [1.165, 1.54) is 76.6 Å². The molecule has 1 saturated carbocycles. The lowest BCUT2D eigenvalue weighted by Gasteiger charge is -2.42. The van der Waals surface area contributed by atoms with Crippen molar-refractivity contribution < 1.29 is 23.1 Å². The van der Waals surface area contributed by atoms with Gasteiger partial charge in [0.1, 0.15) is 18.2 Å². The third kappa shape index (κ3) is 7.29. The fourth-order valence-corrected chi connectivity index (χ4v) is 9.05. The van der Waals surface area contributed by atoms with Crippen LogP contribution >= 0.6 is 0 Å². The molecule has 13 heteroatoms. The van der Waals surface area contributed by atoms with Crippen molar-refractivity contribution in [2.45, 2.75) is 75.3 Å². The van der Waals surface area contributed by atoms with Gasteiger partial charge in [0.05, 0.1) is 18.0 Å². The van der Waals surface area contributed by atoms with Crippen LogP contribution in [0, 0.1) is 12.8 Å². The zero-order chi connectivity index (χ0) is 30.6. The molecule has 1 aromatic carbocycles. The maximum absolute atomic E-state index is 13.4. The zero-order valence-corrected chi connectivity index (χ0v) is 26.2. The minimum atomic E-state index is -4.05. The van der Waals surface area contributed by atoms with Crippen LogP contribution in [0.4, 0.5) is 0 Å². The van der Waals surface area contributed by atoms with E-state index in [1.807, 2.05) is 7.05 Å². The Hall–Kier alpha value is -2.83. The number of likely N-dealkylation sites (N-methyl/N-ethyl adjacent to an activating group) is 1. The number of fused-ring (bicyclic) bond motifs is 1. The Kier molecular flexibility index (Phi) is 10.2. The van der Waals surface area contributed by atoms with E-state index in [-0.39, 0.29) is 53.7 Å². The van der Waals surface area contributed by atoms with Crippen LogP contribution in [0.25, 0.3) is 16.5 Å². The van der Waals surface area contributed by atoms with Gasteiger partial charge in [0, 0.05) is 36.2 Å². The number of phenolic OH excluding ortho intramolecular Hbond substituents is 1. The first-order valence-corrected chi connectivity index (χ1v) is 17.0. The molecule has 1 aliphatic carbocycles. The number of azide groups is 1. The number of phenols is 1. The number of benzene rings is 1. The van der Waals surface area contributed by atoms with E-state index in [9.17, 15) is 18.3 Å². The lowest BCUT2D eigenvalue weighted by atomic mass is 9.87. The molecular formula is C30H45N7O5S. The molecule has 12 nitrogen and oxygen atoms in total. The molecular weight excluding hydrogens is 570 g/mol. The average Bonchev–Trinajstić information content (AvgIpc) is 3.49. The number of rotatable bonds is 10. The third-order valence-corrected chi connectivity index (χ3v) is 11.7. The van der Waals surface area contributed by atoms with Gasteiger partial charge in [-0.15, -0.1) is 0 Å². The SMILES string of the molecule is Cc1cc(O)cc2c1S(=O)(=O)N(CCOCC(=O)N(C)C1CCC(N3CCC(CN4CCCC4)CC3)CC1)C(N=[N+]=[N-])=C2. The highest BCUT2D eigenvalue weighted by molar-refractivity contribution is 7.89. The van der Waals surface area contributed by atoms with E-state index >= 15 is 0 Å². The minimum Gasteiger partial charge on any atom is -0.508 e. The van der Waals surface area contributed by atoms with E-state index in [4.69, 9.17) is 10.3 Å². The predicted octanol–water partition coefficient (Wildman–Crippen LogP) is 3.91. The van der Waals surface area contributed by atoms with Gasteiger partial charge in [-0.1, -0.05) is 0 Å².